The average molecular weight is 329 g/mol. The number of amides is 1. The summed E-state index contributed by atoms with van der Waals surface area (Å²) in [5.41, 5.74) is 0.868. The molecular weight excluding hydrogens is 306 g/mol. The largest absolute Gasteiger partial charge is 0.451 e. The summed E-state index contributed by atoms with van der Waals surface area (Å²) in [4.78, 5) is 28.3. The Balaban J connectivity index is 1.53. The van der Waals surface area contributed by atoms with Gasteiger partial charge in [0.15, 0.2) is 12.3 Å². The number of hydrogen-bond donors (Lipinski definition) is 1. The summed E-state index contributed by atoms with van der Waals surface area (Å²) in [5, 5.41) is 2.99. The number of aromatic nitrogens is 2. The van der Waals surface area contributed by atoms with Crippen LogP contribution in [0.3, 0.4) is 0 Å². The first kappa shape index (κ1) is 16.5. The third-order valence-electron chi connectivity index (χ3n) is 4.96. The summed E-state index contributed by atoms with van der Waals surface area (Å²) >= 11 is 0. The van der Waals surface area contributed by atoms with Gasteiger partial charge in [-0.25, -0.2) is 9.78 Å². The van der Waals surface area contributed by atoms with Crippen molar-refractivity contribution in [2.45, 2.75) is 39.2 Å². The van der Waals surface area contributed by atoms with Crippen LogP contribution in [0.2, 0.25) is 0 Å². The highest BCUT2D eigenvalue weighted by atomic mass is 16.5. The summed E-state index contributed by atoms with van der Waals surface area (Å²) in [6.07, 6.45) is 6.71. The lowest BCUT2D eigenvalue weighted by Crippen LogP contribution is -2.45. The Kier molecular flexibility index (Phi) is 4.83. The highest BCUT2D eigenvalue weighted by molar-refractivity contribution is 5.90. The van der Waals surface area contributed by atoms with E-state index in [0.29, 0.717) is 17.5 Å². The molecule has 2 aromatic heterocycles. The maximum Gasteiger partial charge on any atom is 0.359 e. The topological polar surface area (TPSA) is 72.7 Å². The number of esters is 1. The molecule has 0 aromatic carbocycles. The predicted molar refractivity (Wildman–Crippen MR) is 89.6 cm³/mol. The lowest BCUT2D eigenvalue weighted by atomic mass is 9.78. The van der Waals surface area contributed by atoms with Crippen LogP contribution in [-0.4, -0.2) is 33.9 Å². The number of ether oxygens (including phenoxy) is 1. The minimum atomic E-state index is -0.584. The maximum absolute atomic E-state index is 12.1. The van der Waals surface area contributed by atoms with Gasteiger partial charge >= 0.3 is 5.97 Å². The van der Waals surface area contributed by atoms with Crippen molar-refractivity contribution in [3.05, 3.63) is 36.3 Å². The molecule has 1 N–H and O–H groups in total. The van der Waals surface area contributed by atoms with Crippen LogP contribution in [0.5, 0.6) is 0 Å². The lowest BCUT2D eigenvalue weighted by molar-refractivity contribution is -0.125. The second-order valence-corrected chi connectivity index (χ2v) is 6.61. The molecular formula is C18H23N3O3. The van der Waals surface area contributed by atoms with Crippen molar-refractivity contribution < 1.29 is 14.3 Å². The van der Waals surface area contributed by atoms with Gasteiger partial charge in [0.25, 0.3) is 5.91 Å². The molecule has 1 fully saturated rings. The molecule has 1 saturated carbocycles. The smallest absolute Gasteiger partial charge is 0.359 e. The number of imidazole rings is 1. The van der Waals surface area contributed by atoms with Crippen LogP contribution in [0.1, 0.15) is 43.6 Å². The second-order valence-electron chi connectivity index (χ2n) is 6.61. The van der Waals surface area contributed by atoms with E-state index >= 15 is 0 Å². The van der Waals surface area contributed by atoms with E-state index in [-0.39, 0.29) is 24.2 Å². The zero-order valence-corrected chi connectivity index (χ0v) is 14.1. The van der Waals surface area contributed by atoms with Gasteiger partial charge in [0.2, 0.25) is 0 Å². The Hall–Kier alpha value is -2.37. The van der Waals surface area contributed by atoms with Crippen molar-refractivity contribution in [2.24, 2.45) is 11.8 Å². The van der Waals surface area contributed by atoms with Crippen LogP contribution >= 0.6 is 0 Å². The summed E-state index contributed by atoms with van der Waals surface area (Å²) in [7, 11) is 0. The normalized spacial score (nSPS) is 23.8. The number of carbonyl (C=O) groups excluding carboxylic acids is 2. The summed E-state index contributed by atoms with van der Waals surface area (Å²) in [5.74, 6) is 0.207. The molecule has 6 heteroatoms. The van der Waals surface area contributed by atoms with Gasteiger partial charge in [-0.2, -0.15) is 0 Å². The number of carbonyl (C=O) groups is 2. The van der Waals surface area contributed by atoms with Crippen molar-refractivity contribution in [1.29, 1.82) is 0 Å². The van der Waals surface area contributed by atoms with Gasteiger partial charge in [-0.3, -0.25) is 4.79 Å². The molecule has 2 heterocycles. The van der Waals surface area contributed by atoms with E-state index in [9.17, 15) is 9.59 Å². The van der Waals surface area contributed by atoms with E-state index in [2.05, 4.69) is 24.1 Å². The van der Waals surface area contributed by atoms with E-state index < -0.39 is 5.97 Å². The van der Waals surface area contributed by atoms with Gasteiger partial charge in [0, 0.05) is 18.4 Å². The van der Waals surface area contributed by atoms with Crippen molar-refractivity contribution in [1.82, 2.24) is 14.7 Å². The van der Waals surface area contributed by atoms with E-state index in [4.69, 9.17) is 4.74 Å². The molecule has 128 valence electrons. The van der Waals surface area contributed by atoms with Gasteiger partial charge in [0.05, 0.1) is 0 Å². The highest BCUT2D eigenvalue weighted by Crippen LogP contribution is 2.29. The fourth-order valence-electron chi connectivity index (χ4n) is 3.27. The third-order valence-corrected chi connectivity index (χ3v) is 4.96. The lowest BCUT2D eigenvalue weighted by Gasteiger charge is -2.34. The quantitative estimate of drug-likeness (QED) is 0.875. The van der Waals surface area contributed by atoms with Crippen molar-refractivity contribution in [2.75, 3.05) is 6.61 Å². The van der Waals surface area contributed by atoms with Crippen molar-refractivity contribution >= 4 is 17.5 Å². The number of fused-ring (bicyclic) bond motifs is 1. The number of pyridine rings is 1. The minimum absolute atomic E-state index is 0.162. The van der Waals surface area contributed by atoms with E-state index in [0.717, 1.165) is 12.8 Å². The molecule has 0 saturated heterocycles. The van der Waals surface area contributed by atoms with Gasteiger partial charge in [0.1, 0.15) is 5.65 Å². The van der Waals surface area contributed by atoms with E-state index in [1.165, 1.54) is 6.42 Å². The van der Waals surface area contributed by atoms with Crippen LogP contribution in [0, 0.1) is 11.8 Å². The first-order valence-electron chi connectivity index (χ1n) is 8.45. The summed E-state index contributed by atoms with van der Waals surface area (Å²) in [6, 6.07) is 5.66. The second kappa shape index (κ2) is 7.03. The zero-order valence-electron chi connectivity index (χ0n) is 14.1. The van der Waals surface area contributed by atoms with Gasteiger partial charge in [-0.05, 0) is 30.4 Å². The van der Waals surface area contributed by atoms with Gasteiger partial charge in [-0.15, -0.1) is 0 Å². The molecule has 0 bridgehead atoms. The molecule has 2 aromatic rings. The monoisotopic (exact) mass is 329 g/mol. The first-order valence-corrected chi connectivity index (χ1v) is 8.45. The van der Waals surface area contributed by atoms with Crippen molar-refractivity contribution in [3.8, 4) is 0 Å². The molecule has 0 spiro atoms. The fraction of sp³-hybridized carbons (Fsp3) is 0.500. The summed E-state index contributed by atoms with van der Waals surface area (Å²) < 4.78 is 6.83. The Morgan fingerprint density at radius 2 is 2.17 bits per heavy atom. The molecule has 0 radical (unpaired) electrons. The average Bonchev–Trinajstić information content (AvgIpc) is 3.01. The SMILES string of the molecule is C[C@@H]1[C@H](C)CCC[C@@H]1NC(=O)COC(=O)c1cn2ccccc2n1. The maximum atomic E-state index is 12.1. The minimum Gasteiger partial charge on any atom is -0.451 e. The molecule has 3 rings (SSSR count). The standard InChI is InChI=1S/C18H23N3O3/c1-12-6-5-7-14(13(12)2)20-17(22)11-24-18(23)15-10-21-9-4-3-8-16(21)19-15/h3-4,8-10,12-14H,5-7,11H2,1-2H3,(H,20,22)/t12-,13-,14+/m1/s1. The van der Waals surface area contributed by atoms with Crippen LogP contribution in [0.4, 0.5) is 0 Å². The molecule has 0 aliphatic heterocycles. The molecule has 6 nitrogen and oxygen atoms in total. The molecule has 1 aliphatic carbocycles. The van der Waals surface area contributed by atoms with Gasteiger partial charge in [-0.1, -0.05) is 32.8 Å². The zero-order chi connectivity index (χ0) is 17.1. The van der Waals surface area contributed by atoms with Crippen LogP contribution in [0.25, 0.3) is 5.65 Å². The van der Waals surface area contributed by atoms with Crippen LogP contribution < -0.4 is 5.32 Å². The Labute approximate surface area is 141 Å². The van der Waals surface area contributed by atoms with Crippen molar-refractivity contribution in [3.63, 3.8) is 0 Å². The third kappa shape index (κ3) is 3.58. The number of hydrogen-bond acceptors (Lipinski definition) is 4. The number of nitrogens with zero attached hydrogens (tertiary/aromatic N) is 2. The number of rotatable bonds is 4. The Morgan fingerprint density at radius 1 is 1.33 bits per heavy atom. The van der Waals surface area contributed by atoms with E-state index in [1.54, 1.807) is 22.9 Å². The Bertz CT molecular complexity index is 707. The van der Waals surface area contributed by atoms with E-state index in [1.807, 2.05) is 12.1 Å². The van der Waals surface area contributed by atoms with Gasteiger partial charge < -0.3 is 14.5 Å². The molecule has 24 heavy (non-hydrogen) atoms. The molecule has 0 unspecified atom stereocenters. The molecule has 3 atom stereocenters. The Morgan fingerprint density at radius 3 is 2.96 bits per heavy atom. The van der Waals surface area contributed by atoms with Crippen LogP contribution in [0.15, 0.2) is 30.6 Å². The first-order chi connectivity index (χ1) is 11.5. The fourth-order valence-corrected chi connectivity index (χ4v) is 3.27. The molecule has 1 aliphatic rings. The number of nitrogens with one attached hydrogen (secondary N) is 1. The summed E-state index contributed by atoms with van der Waals surface area (Å²) in [6.45, 7) is 4.11. The highest BCUT2D eigenvalue weighted by Gasteiger charge is 2.28. The van der Waals surface area contributed by atoms with Crippen LogP contribution in [-0.2, 0) is 9.53 Å². The molecule has 1 amide bonds. The predicted octanol–water partition coefficient (Wildman–Crippen LogP) is 2.43.